The van der Waals surface area contributed by atoms with Crippen LogP contribution in [0.15, 0.2) is 51.7 Å². The highest BCUT2D eigenvalue weighted by molar-refractivity contribution is 5.89. The smallest absolute Gasteiger partial charge is 0.339 e. The van der Waals surface area contributed by atoms with Crippen LogP contribution in [0.4, 0.5) is 0 Å². The summed E-state index contributed by atoms with van der Waals surface area (Å²) in [5.74, 6) is 0.212. The Balaban J connectivity index is 1.48. The van der Waals surface area contributed by atoms with Gasteiger partial charge in [0.15, 0.2) is 6.61 Å². The minimum atomic E-state index is -0.780. The van der Waals surface area contributed by atoms with Crippen molar-refractivity contribution in [2.24, 2.45) is 0 Å². The normalized spacial score (nSPS) is 13.9. The Kier molecular flexibility index (Phi) is 5.36. The Hall–Kier alpha value is -3.12. The molecule has 0 bridgehead atoms. The number of benzene rings is 2. The quantitative estimate of drug-likeness (QED) is 0.629. The van der Waals surface area contributed by atoms with Crippen LogP contribution in [0.1, 0.15) is 34.8 Å². The monoisotopic (exact) mass is 393 g/mol. The van der Waals surface area contributed by atoms with Gasteiger partial charge in [0.2, 0.25) is 0 Å². The molecule has 1 heterocycles. The van der Waals surface area contributed by atoms with Gasteiger partial charge in [-0.15, -0.1) is 0 Å². The molecule has 4 rings (SSSR count). The van der Waals surface area contributed by atoms with Gasteiger partial charge in [0.1, 0.15) is 11.3 Å². The Bertz CT molecular complexity index is 1100. The number of hydrogen-bond donors (Lipinski definition) is 2. The van der Waals surface area contributed by atoms with Gasteiger partial charge >= 0.3 is 5.63 Å². The number of aliphatic hydroxyl groups excluding tert-OH is 1. The van der Waals surface area contributed by atoms with Crippen LogP contribution in [-0.2, 0) is 17.6 Å². The maximum atomic E-state index is 12.2. The average molecular weight is 393 g/mol. The van der Waals surface area contributed by atoms with Gasteiger partial charge in [-0.3, -0.25) is 4.79 Å². The number of amides is 1. The van der Waals surface area contributed by atoms with E-state index in [2.05, 4.69) is 5.32 Å². The van der Waals surface area contributed by atoms with E-state index < -0.39 is 6.10 Å². The Morgan fingerprint density at radius 3 is 2.76 bits per heavy atom. The zero-order valence-corrected chi connectivity index (χ0v) is 16.2. The average Bonchev–Trinajstić information content (AvgIpc) is 3.21. The summed E-state index contributed by atoms with van der Waals surface area (Å²) < 4.78 is 11.3. The van der Waals surface area contributed by atoms with Gasteiger partial charge in [0.25, 0.3) is 5.91 Å². The molecule has 3 aromatic rings. The lowest BCUT2D eigenvalue weighted by Gasteiger charge is -2.14. The Morgan fingerprint density at radius 1 is 1.21 bits per heavy atom. The predicted octanol–water partition coefficient (Wildman–Crippen LogP) is 2.82. The van der Waals surface area contributed by atoms with Crippen LogP contribution in [0.3, 0.4) is 0 Å². The van der Waals surface area contributed by atoms with Crippen molar-refractivity contribution in [1.82, 2.24) is 5.32 Å². The fraction of sp³-hybridized carbons (Fsp3) is 0.304. The molecule has 1 aromatic heterocycles. The molecule has 6 nitrogen and oxygen atoms in total. The van der Waals surface area contributed by atoms with Gasteiger partial charge in [-0.2, -0.15) is 0 Å². The van der Waals surface area contributed by atoms with Crippen molar-refractivity contribution in [3.8, 4) is 5.75 Å². The summed E-state index contributed by atoms with van der Waals surface area (Å²) in [7, 11) is 0. The summed E-state index contributed by atoms with van der Waals surface area (Å²) in [6.07, 6.45) is 1.63. The number of carbonyl (C=O) groups is 1. The molecule has 29 heavy (non-hydrogen) atoms. The van der Waals surface area contributed by atoms with Crippen molar-refractivity contribution in [1.29, 1.82) is 0 Å². The summed E-state index contributed by atoms with van der Waals surface area (Å²) >= 11 is 0. The molecule has 1 aliphatic rings. The van der Waals surface area contributed by atoms with Crippen LogP contribution in [-0.4, -0.2) is 24.2 Å². The maximum absolute atomic E-state index is 12.2. The summed E-state index contributed by atoms with van der Waals surface area (Å²) in [5, 5.41) is 13.6. The van der Waals surface area contributed by atoms with E-state index in [0.717, 1.165) is 34.9 Å². The second-order valence-corrected chi connectivity index (χ2v) is 7.36. The third-order valence-corrected chi connectivity index (χ3v) is 5.21. The van der Waals surface area contributed by atoms with E-state index in [9.17, 15) is 14.7 Å². The Labute approximate surface area is 168 Å². The van der Waals surface area contributed by atoms with E-state index in [-0.39, 0.29) is 24.7 Å². The lowest BCUT2D eigenvalue weighted by molar-refractivity contribution is -0.123. The third kappa shape index (κ3) is 4.03. The number of aryl methyl sites for hydroxylation is 2. The van der Waals surface area contributed by atoms with Crippen molar-refractivity contribution < 1.29 is 19.1 Å². The molecule has 0 spiro atoms. The number of ether oxygens (including phenoxy) is 1. The van der Waals surface area contributed by atoms with Crippen LogP contribution in [0, 0.1) is 6.92 Å². The van der Waals surface area contributed by atoms with Gasteiger partial charge in [0, 0.05) is 12.1 Å². The molecule has 0 fully saturated rings. The Morgan fingerprint density at radius 2 is 1.97 bits per heavy atom. The van der Waals surface area contributed by atoms with Gasteiger partial charge in [-0.25, -0.2) is 4.79 Å². The van der Waals surface area contributed by atoms with Gasteiger partial charge in [-0.05, 0) is 55.0 Å². The molecule has 1 atom stereocenters. The molecule has 2 N–H and O–H groups in total. The highest BCUT2D eigenvalue weighted by Crippen LogP contribution is 2.35. The van der Waals surface area contributed by atoms with E-state index in [1.807, 2.05) is 37.3 Å². The first-order valence-electron chi connectivity index (χ1n) is 9.74. The summed E-state index contributed by atoms with van der Waals surface area (Å²) in [6, 6.07) is 12.8. The number of hydrogen-bond acceptors (Lipinski definition) is 5. The number of carbonyl (C=O) groups excluding carboxylic acids is 1. The van der Waals surface area contributed by atoms with Crippen LogP contribution in [0.2, 0.25) is 0 Å². The molecule has 2 aromatic carbocycles. The number of rotatable bonds is 6. The van der Waals surface area contributed by atoms with Crippen LogP contribution < -0.4 is 15.7 Å². The van der Waals surface area contributed by atoms with Crippen LogP contribution >= 0.6 is 0 Å². The first kappa shape index (κ1) is 19.2. The minimum absolute atomic E-state index is 0.102. The standard InChI is InChI=1S/C23H23NO5/c1-14-10-19(22-16-8-5-9-17(16)23(27)29-20(22)11-14)28-13-21(26)24-12-18(25)15-6-3-2-4-7-15/h2-4,6-7,10-11,18,25H,5,8-9,12-13H2,1H3,(H,24,26)/t18-/m0/s1. The first-order valence-corrected chi connectivity index (χ1v) is 9.74. The van der Waals surface area contributed by atoms with E-state index in [1.54, 1.807) is 12.1 Å². The van der Waals surface area contributed by atoms with Crippen molar-refractivity contribution in [3.63, 3.8) is 0 Å². The summed E-state index contributed by atoms with van der Waals surface area (Å²) in [5.41, 5.74) is 3.50. The van der Waals surface area contributed by atoms with E-state index in [1.165, 1.54) is 0 Å². The van der Waals surface area contributed by atoms with E-state index >= 15 is 0 Å². The topological polar surface area (TPSA) is 88.8 Å². The summed E-state index contributed by atoms with van der Waals surface area (Å²) in [6.45, 7) is 1.80. The van der Waals surface area contributed by atoms with Crippen molar-refractivity contribution in [2.75, 3.05) is 13.2 Å². The largest absolute Gasteiger partial charge is 0.483 e. The van der Waals surface area contributed by atoms with E-state index in [4.69, 9.17) is 9.15 Å². The van der Waals surface area contributed by atoms with Crippen LogP contribution in [0.5, 0.6) is 5.75 Å². The zero-order valence-electron chi connectivity index (χ0n) is 16.2. The number of nitrogens with one attached hydrogen (secondary N) is 1. The molecule has 6 heteroatoms. The van der Waals surface area contributed by atoms with Gasteiger partial charge in [0.05, 0.1) is 11.5 Å². The number of aliphatic hydroxyl groups is 1. The lowest BCUT2D eigenvalue weighted by Crippen LogP contribution is -2.32. The second kappa shape index (κ2) is 8.09. The molecule has 1 amide bonds. The molecule has 0 unspecified atom stereocenters. The predicted molar refractivity (Wildman–Crippen MR) is 109 cm³/mol. The zero-order chi connectivity index (χ0) is 20.4. The lowest BCUT2D eigenvalue weighted by atomic mass is 10.0. The van der Waals surface area contributed by atoms with Crippen molar-refractivity contribution in [2.45, 2.75) is 32.3 Å². The van der Waals surface area contributed by atoms with E-state index in [0.29, 0.717) is 23.3 Å². The van der Waals surface area contributed by atoms with Crippen LogP contribution in [0.25, 0.3) is 11.0 Å². The molecule has 0 saturated carbocycles. The fourth-order valence-electron chi connectivity index (χ4n) is 3.82. The molecule has 0 aliphatic heterocycles. The highest BCUT2D eigenvalue weighted by atomic mass is 16.5. The summed E-state index contributed by atoms with van der Waals surface area (Å²) in [4.78, 5) is 24.4. The molecular formula is C23H23NO5. The van der Waals surface area contributed by atoms with Gasteiger partial charge < -0.3 is 19.6 Å². The molecule has 150 valence electrons. The minimum Gasteiger partial charge on any atom is -0.483 e. The number of fused-ring (bicyclic) bond motifs is 3. The third-order valence-electron chi connectivity index (χ3n) is 5.21. The highest BCUT2D eigenvalue weighted by Gasteiger charge is 2.22. The fourth-order valence-corrected chi connectivity index (χ4v) is 3.82. The maximum Gasteiger partial charge on any atom is 0.339 e. The van der Waals surface area contributed by atoms with Gasteiger partial charge in [-0.1, -0.05) is 30.3 Å². The molecular weight excluding hydrogens is 370 g/mol. The SMILES string of the molecule is Cc1cc(OCC(=O)NC[C@H](O)c2ccccc2)c2c3c(c(=O)oc2c1)CCC3. The molecule has 1 aliphatic carbocycles. The molecule has 0 radical (unpaired) electrons. The first-order chi connectivity index (χ1) is 14.0. The second-order valence-electron chi connectivity index (χ2n) is 7.36. The molecule has 0 saturated heterocycles. The van der Waals surface area contributed by atoms with Crippen molar-refractivity contribution in [3.05, 3.63) is 75.1 Å². The van der Waals surface area contributed by atoms with Crippen molar-refractivity contribution >= 4 is 16.9 Å².